The molecule has 2 nitrogen and oxygen atoms in total. The van der Waals surface area contributed by atoms with Gasteiger partial charge in [0.25, 0.3) is 0 Å². The Morgan fingerprint density at radius 3 is 1.86 bits per heavy atom. The van der Waals surface area contributed by atoms with Crippen molar-refractivity contribution >= 4 is 21.5 Å². The molecule has 28 heavy (non-hydrogen) atoms. The van der Waals surface area contributed by atoms with Crippen LogP contribution in [-0.2, 0) is 0 Å². The van der Waals surface area contributed by atoms with Crippen LogP contribution < -0.4 is 9.47 Å². The lowest BCUT2D eigenvalue weighted by Gasteiger charge is -2.07. The molecule has 0 spiro atoms. The summed E-state index contributed by atoms with van der Waals surface area (Å²) in [6, 6.07) is 24.8. The lowest BCUT2D eigenvalue weighted by atomic mass is 10.1. The highest BCUT2D eigenvalue weighted by molar-refractivity contribution is 5.88. The lowest BCUT2D eigenvalue weighted by molar-refractivity contribution is -0.0501. The van der Waals surface area contributed by atoms with Gasteiger partial charge in [0, 0.05) is 5.39 Å². The van der Waals surface area contributed by atoms with Gasteiger partial charge in [0.05, 0.1) is 0 Å². The second kappa shape index (κ2) is 9.08. The molecule has 0 aliphatic carbocycles. The fourth-order valence-corrected chi connectivity index (χ4v) is 2.74. The fraction of sp³-hybridized carbons (Fsp3) is 0.0909. The van der Waals surface area contributed by atoms with Crippen LogP contribution in [0.2, 0.25) is 0 Å². The molecule has 0 saturated heterocycles. The van der Waals surface area contributed by atoms with E-state index < -0.39 is 13.2 Å². The maximum Gasteiger partial charge on any atom is 0.387 e. The maximum absolute atomic E-state index is 12.0. The monoisotopic (exact) mass is 388 g/mol. The van der Waals surface area contributed by atoms with Crippen LogP contribution in [0.4, 0.5) is 17.6 Å². The molecule has 0 bridgehead atoms. The summed E-state index contributed by atoms with van der Waals surface area (Å²) in [5.41, 5.74) is 0. The number of benzene rings is 4. The predicted molar refractivity (Wildman–Crippen MR) is 101 cm³/mol. The third kappa shape index (κ3) is 5.13. The lowest BCUT2D eigenvalue weighted by Crippen LogP contribution is -2.01. The van der Waals surface area contributed by atoms with Crippen LogP contribution in [0.15, 0.2) is 84.9 Å². The SMILES string of the molecule is FC(F)Oc1ccc2ccccc2c1.FC(F)Oc1cccc2ccccc12. The van der Waals surface area contributed by atoms with Crippen molar-refractivity contribution in [3.05, 3.63) is 84.9 Å². The van der Waals surface area contributed by atoms with Crippen LogP contribution in [-0.4, -0.2) is 13.2 Å². The van der Waals surface area contributed by atoms with Crippen LogP contribution in [0.5, 0.6) is 11.5 Å². The molecule has 4 rings (SSSR count). The van der Waals surface area contributed by atoms with Gasteiger partial charge in [-0.15, -0.1) is 0 Å². The summed E-state index contributed by atoms with van der Waals surface area (Å²) in [5.74, 6) is 0.414. The van der Waals surface area contributed by atoms with Gasteiger partial charge in [0.15, 0.2) is 0 Å². The third-order valence-electron chi connectivity index (χ3n) is 3.91. The smallest absolute Gasteiger partial charge is 0.387 e. The van der Waals surface area contributed by atoms with Crippen molar-refractivity contribution in [2.24, 2.45) is 0 Å². The van der Waals surface area contributed by atoms with Gasteiger partial charge in [-0.25, -0.2) is 0 Å². The Morgan fingerprint density at radius 2 is 1.14 bits per heavy atom. The van der Waals surface area contributed by atoms with Crippen molar-refractivity contribution in [2.75, 3.05) is 0 Å². The summed E-state index contributed by atoms with van der Waals surface area (Å²) in [6.07, 6.45) is 0. The highest BCUT2D eigenvalue weighted by Gasteiger charge is 2.07. The molecule has 0 unspecified atom stereocenters. The molecular weight excluding hydrogens is 372 g/mol. The first-order valence-corrected chi connectivity index (χ1v) is 8.39. The van der Waals surface area contributed by atoms with Gasteiger partial charge in [-0.05, 0) is 34.4 Å². The van der Waals surface area contributed by atoms with Crippen molar-refractivity contribution in [1.29, 1.82) is 0 Å². The molecule has 144 valence electrons. The molecule has 4 aromatic carbocycles. The van der Waals surface area contributed by atoms with Gasteiger partial charge < -0.3 is 9.47 Å². The minimum Gasteiger partial charge on any atom is -0.435 e. The zero-order valence-electron chi connectivity index (χ0n) is 14.6. The summed E-state index contributed by atoms with van der Waals surface area (Å²) < 4.78 is 56.5. The van der Waals surface area contributed by atoms with Crippen LogP contribution >= 0.6 is 0 Å². The summed E-state index contributed by atoms with van der Waals surface area (Å²) in [7, 11) is 0. The number of fused-ring (bicyclic) bond motifs is 2. The van der Waals surface area contributed by atoms with E-state index >= 15 is 0 Å². The average molecular weight is 388 g/mol. The van der Waals surface area contributed by atoms with E-state index in [9.17, 15) is 17.6 Å². The van der Waals surface area contributed by atoms with Crippen LogP contribution in [0.1, 0.15) is 0 Å². The van der Waals surface area contributed by atoms with Crippen molar-refractivity contribution in [3.63, 3.8) is 0 Å². The van der Waals surface area contributed by atoms with Gasteiger partial charge in [-0.3, -0.25) is 0 Å². The Morgan fingerprint density at radius 1 is 0.536 bits per heavy atom. The number of hydrogen-bond acceptors (Lipinski definition) is 2. The topological polar surface area (TPSA) is 18.5 Å². The molecule has 0 radical (unpaired) electrons. The van der Waals surface area contributed by atoms with E-state index in [2.05, 4.69) is 9.47 Å². The third-order valence-corrected chi connectivity index (χ3v) is 3.91. The molecule has 0 heterocycles. The van der Waals surface area contributed by atoms with Crippen molar-refractivity contribution < 1.29 is 27.0 Å². The first-order chi connectivity index (χ1) is 13.5. The average Bonchev–Trinajstić information content (AvgIpc) is 2.68. The summed E-state index contributed by atoms with van der Waals surface area (Å²) >= 11 is 0. The Hall–Kier alpha value is -3.28. The van der Waals surface area contributed by atoms with Gasteiger partial charge in [-0.2, -0.15) is 17.6 Å². The second-order valence-electron chi connectivity index (χ2n) is 5.74. The number of halogens is 4. The molecule has 0 aliphatic heterocycles. The first kappa shape index (κ1) is 19.5. The number of ether oxygens (including phenoxy) is 2. The molecule has 4 aromatic rings. The van der Waals surface area contributed by atoms with E-state index in [1.54, 1.807) is 30.3 Å². The fourth-order valence-electron chi connectivity index (χ4n) is 2.74. The molecule has 0 atom stereocenters. The maximum atomic E-state index is 12.0. The van der Waals surface area contributed by atoms with Crippen LogP contribution in [0.25, 0.3) is 21.5 Å². The molecule has 0 aliphatic rings. The number of hydrogen-bond donors (Lipinski definition) is 0. The molecule has 6 heteroatoms. The van der Waals surface area contributed by atoms with E-state index in [1.165, 1.54) is 12.1 Å². The van der Waals surface area contributed by atoms with E-state index in [-0.39, 0.29) is 11.5 Å². The highest BCUT2D eigenvalue weighted by atomic mass is 19.3. The zero-order valence-corrected chi connectivity index (χ0v) is 14.6. The molecular formula is C22H16F4O2. The highest BCUT2D eigenvalue weighted by Crippen LogP contribution is 2.26. The summed E-state index contributed by atoms with van der Waals surface area (Å²) in [4.78, 5) is 0. The van der Waals surface area contributed by atoms with Gasteiger partial charge in [-0.1, -0.05) is 66.7 Å². The quantitative estimate of drug-likeness (QED) is 0.355. The summed E-state index contributed by atoms with van der Waals surface area (Å²) in [5, 5.41) is 3.50. The number of alkyl halides is 4. The van der Waals surface area contributed by atoms with Crippen molar-refractivity contribution in [1.82, 2.24) is 0 Å². The van der Waals surface area contributed by atoms with E-state index in [0.717, 1.165) is 16.2 Å². The van der Waals surface area contributed by atoms with Crippen molar-refractivity contribution in [2.45, 2.75) is 13.2 Å². The summed E-state index contributed by atoms with van der Waals surface area (Å²) in [6.45, 7) is -5.54. The predicted octanol–water partition coefficient (Wildman–Crippen LogP) is 6.88. The standard InChI is InChI=1S/2C11H8F2O/c12-11(13)14-10-7-3-5-8-4-1-2-6-9(8)10;12-11(13)14-10-6-5-8-3-1-2-4-9(8)7-10/h2*1-7,11H. The largest absolute Gasteiger partial charge is 0.435 e. The van der Waals surface area contributed by atoms with Gasteiger partial charge in [0.2, 0.25) is 0 Å². The van der Waals surface area contributed by atoms with Crippen molar-refractivity contribution in [3.8, 4) is 11.5 Å². The first-order valence-electron chi connectivity index (χ1n) is 8.39. The van der Waals surface area contributed by atoms with E-state index in [1.807, 2.05) is 42.5 Å². The Kier molecular flexibility index (Phi) is 6.32. The molecule has 0 amide bonds. The van der Waals surface area contributed by atoms with E-state index in [4.69, 9.17) is 0 Å². The minimum atomic E-state index is -2.78. The molecule has 0 aromatic heterocycles. The van der Waals surface area contributed by atoms with Gasteiger partial charge >= 0.3 is 13.2 Å². The van der Waals surface area contributed by atoms with E-state index in [0.29, 0.717) is 5.39 Å². The Balaban J connectivity index is 0.000000161. The Bertz CT molecular complexity index is 1040. The molecule has 0 saturated carbocycles. The van der Waals surface area contributed by atoms with Crippen LogP contribution in [0.3, 0.4) is 0 Å². The zero-order chi connectivity index (χ0) is 19.9. The second-order valence-corrected chi connectivity index (χ2v) is 5.74. The normalized spacial score (nSPS) is 10.8. The van der Waals surface area contributed by atoms with Crippen LogP contribution in [0, 0.1) is 0 Å². The number of rotatable bonds is 4. The Labute approximate surface area is 158 Å². The molecule has 0 fully saturated rings. The van der Waals surface area contributed by atoms with Gasteiger partial charge in [0.1, 0.15) is 11.5 Å². The minimum absolute atomic E-state index is 0.193. The molecule has 0 N–H and O–H groups in total.